The van der Waals surface area contributed by atoms with Crippen LogP contribution in [0.2, 0.25) is 0 Å². The summed E-state index contributed by atoms with van der Waals surface area (Å²) in [6.45, 7) is 0. The lowest BCUT2D eigenvalue weighted by Crippen LogP contribution is -1.95. The minimum atomic E-state index is 0.456. The lowest BCUT2D eigenvalue weighted by Gasteiger charge is -2.07. The van der Waals surface area contributed by atoms with Crippen LogP contribution in [0.3, 0.4) is 0 Å². The van der Waals surface area contributed by atoms with Gasteiger partial charge in [0.25, 0.3) is 0 Å². The molecule has 0 fully saturated rings. The van der Waals surface area contributed by atoms with Gasteiger partial charge in [0, 0.05) is 22.0 Å². The highest BCUT2D eigenvalue weighted by atomic mass is 79.9. The smallest absolute Gasteiger partial charge is 0.101 e. The molecule has 2 aromatic rings. The lowest BCUT2D eigenvalue weighted by atomic mass is 10.2. The summed E-state index contributed by atoms with van der Waals surface area (Å²) in [5, 5.41) is 12.0. The Morgan fingerprint density at radius 2 is 2.06 bits per heavy atom. The molecule has 0 radical (unpaired) electrons. The van der Waals surface area contributed by atoms with E-state index in [4.69, 9.17) is 11.0 Å². The Hall–Kier alpha value is -2.06. The Morgan fingerprint density at radius 1 is 1.24 bits per heavy atom. The molecular formula is C12H9BrN4. The van der Waals surface area contributed by atoms with Crippen LogP contribution in [0.25, 0.3) is 0 Å². The summed E-state index contributed by atoms with van der Waals surface area (Å²) >= 11 is 3.34. The first-order valence-corrected chi connectivity index (χ1v) is 5.65. The quantitative estimate of drug-likeness (QED) is 0.833. The van der Waals surface area contributed by atoms with E-state index in [0.29, 0.717) is 11.3 Å². The van der Waals surface area contributed by atoms with Crippen molar-refractivity contribution in [3.05, 3.63) is 46.7 Å². The highest BCUT2D eigenvalue weighted by molar-refractivity contribution is 9.10. The zero-order valence-corrected chi connectivity index (χ0v) is 10.4. The first-order chi connectivity index (χ1) is 8.19. The largest absolute Gasteiger partial charge is 0.398 e. The molecule has 0 aliphatic carbocycles. The molecule has 0 aliphatic rings. The topological polar surface area (TPSA) is 74.7 Å². The summed E-state index contributed by atoms with van der Waals surface area (Å²) in [5.41, 5.74) is 8.22. The van der Waals surface area contributed by atoms with Crippen LogP contribution in [0.5, 0.6) is 0 Å². The van der Waals surface area contributed by atoms with E-state index in [1.165, 1.54) is 0 Å². The maximum Gasteiger partial charge on any atom is 0.101 e. The molecule has 0 spiro atoms. The van der Waals surface area contributed by atoms with E-state index in [9.17, 15) is 0 Å². The number of hydrogen-bond acceptors (Lipinski definition) is 4. The fraction of sp³-hybridized carbons (Fsp3) is 0. The van der Waals surface area contributed by atoms with Gasteiger partial charge in [0.15, 0.2) is 0 Å². The molecule has 0 saturated heterocycles. The van der Waals surface area contributed by atoms with Crippen molar-refractivity contribution >= 4 is 33.0 Å². The van der Waals surface area contributed by atoms with Crippen LogP contribution in [-0.2, 0) is 0 Å². The second-order valence-electron chi connectivity index (χ2n) is 3.43. The van der Waals surface area contributed by atoms with Crippen molar-refractivity contribution in [2.24, 2.45) is 0 Å². The van der Waals surface area contributed by atoms with Gasteiger partial charge in [-0.1, -0.05) is 0 Å². The van der Waals surface area contributed by atoms with E-state index in [-0.39, 0.29) is 0 Å². The van der Waals surface area contributed by atoms with Gasteiger partial charge in [0.05, 0.1) is 17.4 Å². The Labute approximate surface area is 107 Å². The maximum absolute atomic E-state index is 8.88. The molecular weight excluding hydrogens is 280 g/mol. The Morgan fingerprint density at radius 3 is 2.76 bits per heavy atom. The average Bonchev–Trinajstić information content (AvgIpc) is 2.32. The van der Waals surface area contributed by atoms with Crippen molar-refractivity contribution < 1.29 is 0 Å². The lowest BCUT2D eigenvalue weighted by molar-refractivity contribution is 1.30. The highest BCUT2D eigenvalue weighted by Crippen LogP contribution is 2.22. The molecule has 0 unspecified atom stereocenters. The number of anilines is 3. The summed E-state index contributed by atoms with van der Waals surface area (Å²) < 4.78 is 0.887. The third-order valence-electron chi connectivity index (χ3n) is 2.17. The third-order valence-corrected chi connectivity index (χ3v) is 2.60. The zero-order chi connectivity index (χ0) is 12.3. The number of halogens is 1. The first kappa shape index (κ1) is 11.4. The third kappa shape index (κ3) is 2.74. The van der Waals surface area contributed by atoms with Gasteiger partial charge in [-0.15, -0.1) is 0 Å². The molecule has 0 atom stereocenters. The maximum atomic E-state index is 8.88. The fourth-order valence-corrected chi connectivity index (χ4v) is 1.74. The van der Waals surface area contributed by atoms with Gasteiger partial charge in [-0.25, -0.2) is 0 Å². The molecule has 1 aromatic heterocycles. The minimum Gasteiger partial charge on any atom is -0.398 e. The van der Waals surface area contributed by atoms with Crippen molar-refractivity contribution in [3.63, 3.8) is 0 Å². The second kappa shape index (κ2) is 4.85. The normalized spacial score (nSPS) is 9.65. The standard InChI is InChI=1S/C12H9BrN4/c13-9-4-11(7-16-6-9)17-10-1-2-12(15)8(3-10)5-14/h1-4,6-7,17H,15H2. The molecule has 17 heavy (non-hydrogen) atoms. The van der Waals surface area contributed by atoms with Crippen LogP contribution < -0.4 is 11.1 Å². The van der Waals surface area contributed by atoms with E-state index in [1.807, 2.05) is 18.2 Å². The summed E-state index contributed by atoms with van der Waals surface area (Å²) in [6, 6.07) is 9.16. The Balaban J connectivity index is 2.28. The molecule has 0 bridgehead atoms. The number of nitrogens with two attached hydrogens (primary N) is 1. The van der Waals surface area contributed by atoms with E-state index in [2.05, 4.69) is 26.2 Å². The summed E-state index contributed by atoms with van der Waals surface area (Å²) in [7, 11) is 0. The Bertz CT molecular complexity index is 589. The number of hydrogen-bond donors (Lipinski definition) is 2. The van der Waals surface area contributed by atoms with Gasteiger partial charge in [-0.05, 0) is 40.2 Å². The van der Waals surface area contributed by atoms with Crippen molar-refractivity contribution in [3.8, 4) is 6.07 Å². The van der Waals surface area contributed by atoms with E-state index in [0.717, 1.165) is 15.8 Å². The summed E-state index contributed by atoms with van der Waals surface area (Å²) in [6.07, 6.45) is 3.40. The number of nitrogen functional groups attached to an aromatic ring is 1. The molecule has 5 heteroatoms. The monoisotopic (exact) mass is 288 g/mol. The van der Waals surface area contributed by atoms with Crippen LogP contribution in [0.1, 0.15) is 5.56 Å². The first-order valence-electron chi connectivity index (χ1n) is 4.86. The average molecular weight is 289 g/mol. The number of nitrogens with one attached hydrogen (secondary N) is 1. The molecule has 4 nitrogen and oxygen atoms in total. The molecule has 1 aromatic carbocycles. The van der Waals surface area contributed by atoms with E-state index in [1.54, 1.807) is 24.5 Å². The molecule has 2 rings (SSSR count). The minimum absolute atomic E-state index is 0.456. The van der Waals surface area contributed by atoms with Gasteiger partial charge < -0.3 is 11.1 Å². The number of benzene rings is 1. The highest BCUT2D eigenvalue weighted by Gasteiger charge is 2.01. The number of aromatic nitrogens is 1. The molecule has 3 N–H and O–H groups in total. The zero-order valence-electron chi connectivity index (χ0n) is 8.81. The van der Waals surface area contributed by atoms with Gasteiger partial charge in [0.1, 0.15) is 6.07 Å². The van der Waals surface area contributed by atoms with Gasteiger partial charge in [-0.3, -0.25) is 4.98 Å². The van der Waals surface area contributed by atoms with Crippen LogP contribution in [0, 0.1) is 11.3 Å². The number of pyridine rings is 1. The Kier molecular flexibility index (Phi) is 3.26. The van der Waals surface area contributed by atoms with Crippen molar-refractivity contribution in [1.29, 1.82) is 5.26 Å². The van der Waals surface area contributed by atoms with Crippen molar-refractivity contribution in [1.82, 2.24) is 4.98 Å². The van der Waals surface area contributed by atoms with Crippen LogP contribution in [0.15, 0.2) is 41.1 Å². The number of rotatable bonds is 2. The van der Waals surface area contributed by atoms with E-state index >= 15 is 0 Å². The van der Waals surface area contributed by atoms with Crippen LogP contribution in [0.4, 0.5) is 17.1 Å². The molecule has 0 saturated carbocycles. The van der Waals surface area contributed by atoms with Crippen LogP contribution in [-0.4, -0.2) is 4.98 Å². The molecule has 0 amide bonds. The van der Waals surface area contributed by atoms with Gasteiger partial charge >= 0.3 is 0 Å². The van der Waals surface area contributed by atoms with Gasteiger partial charge in [0.2, 0.25) is 0 Å². The molecule has 1 heterocycles. The molecule has 84 valence electrons. The fourth-order valence-electron chi connectivity index (χ4n) is 1.38. The number of nitriles is 1. The predicted octanol–water partition coefficient (Wildman–Crippen LogP) is 3.04. The second-order valence-corrected chi connectivity index (χ2v) is 4.35. The van der Waals surface area contributed by atoms with Crippen LogP contribution >= 0.6 is 15.9 Å². The van der Waals surface area contributed by atoms with Crippen molar-refractivity contribution in [2.75, 3.05) is 11.1 Å². The molecule has 0 aliphatic heterocycles. The predicted molar refractivity (Wildman–Crippen MR) is 70.8 cm³/mol. The van der Waals surface area contributed by atoms with Gasteiger partial charge in [-0.2, -0.15) is 5.26 Å². The number of nitrogens with zero attached hydrogens (tertiary/aromatic N) is 2. The summed E-state index contributed by atoms with van der Waals surface area (Å²) in [4.78, 5) is 4.04. The summed E-state index contributed by atoms with van der Waals surface area (Å²) in [5.74, 6) is 0. The van der Waals surface area contributed by atoms with Crippen molar-refractivity contribution in [2.45, 2.75) is 0 Å². The SMILES string of the molecule is N#Cc1cc(Nc2cncc(Br)c2)ccc1N. The van der Waals surface area contributed by atoms with E-state index < -0.39 is 0 Å².